The summed E-state index contributed by atoms with van der Waals surface area (Å²) in [6, 6.07) is 58.4. The minimum atomic E-state index is -0.0448. The number of hydrogen-bond acceptors (Lipinski definition) is 5. The Kier molecular flexibility index (Phi) is 6.94. The van der Waals surface area contributed by atoms with E-state index in [1.54, 1.807) is 0 Å². The van der Waals surface area contributed by atoms with Crippen LogP contribution < -0.4 is 0 Å². The first-order valence-electron chi connectivity index (χ1n) is 20.0. The lowest BCUT2D eigenvalue weighted by atomic mass is 9.86. The van der Waals surface area contributed by atoms with Gasteiger partial charge in [-0.25, -0.2) is 15.0 Å². The van der Waals surface area contributed by atoms with E-state index >= 15 is 0 Å². The van der Waals surface area contributed by atoms with Gasteiger partial charge in [-0.15, -0.1) is 11.3 Å². The first-order valence-corrected chi connectivity index (χ1v) is 20.9. The third kappa shape index (κ3) is 4.93. The first kappa shape index (κ1) is 32.7. The smallest absolute Gasteiger partial charge is 0.165 e. The number of allylic oxidation sites excluding steroid dienone is 1. The van der Waals surface area contributed by atoms with Gasteiger partial charge in [-0.3, -0.25) is 0 Å². The predicted octanol–water partition coefficient (Wildman–Crippen LogP) is 14.3. The normalized spacial score (nSPS) is 14.1. The maximum absolute atomic E-state index is 6.63. The zero-order valence-electron chi connectivity index (χ0n) is 31.6. The molecular weight excluding hydrogens is 741 g/mol. The molecule has 4 aromatic heterocycles. The molecule has 0 aliphatic heterocycles. The number of furan rings is 1. The molecule has 59 heavy (non-hydrogen) atoms. The van der Waals surface area contributed by atoms with Crippen molar-refractivity contribution in [2.24, 2.45) is 0 Å². The zero-order valence-corrected chi connectivity index (χ0v) is 32.4. The van der Waals surface area contributed by atoms with Crippen LogP contribution in [-0.2, 0) is 0 Å². The van der Waals surface area contributed by atoms with E-state index in [0.29, 0.717) is 11.6 Å². The summed E-state index contributed by atoms with van der Waals surface area (Å²) in [4.78, 5) is 16.5. The van der Waals surface area contributed by atoms with Crippen molar-refractivity contribution < 1.29 is 4.42 Å². The van der Waals surface area contributed by atoms with Gasteiger partial charge in [0.05, 0.1) is 16.7 Å². The summed E-state index contributed by atoms with van der Waals surface area (Å²) in [7, 11) is 0. The molecule has 1 aliphatic rings. The fraction of sp³-hybridized carbons (Fsp3) is 0.0377. The second-order valence-corrected chi connectivity index (χ2v) is 16.6. The van der Waals surface area contributed by atoms with Crippen LogP contribution in [0, 0.1) is 0 Å². The first-order chi connectivity index (χ1) is 29.2. The number of para-hydroxylation sites is 2. The molecular formula is C53H32N4OS. The molecule has 4 heterocycles. The van der Waals surface area contributed by atoms with Crippen molar-refractivity contribution in [2.75, 3.05) is 0 Å². The van der Waals surface area contributed by atoms with Gasteiger partial charge in [-0.1, -0.05) is 127 Å². The lowest BCUT2D eigenvalue weighted by Gasteiger charge is -2.22. The fourth-order valence-electron chi connectivity index (χ4n) is 9.47. The second-order valence-electron chi connectivity index (χ2n) is 15.5. The molecule has 6 heteroatoms. The minimum absolute atomic E-state index is 0.0448. The van der Waals surface area contributed by atoms with E-state index in [-0.39, 0.29) is 5.92 Å². The number of rotatable bonds is 4. The van der Waals surface area contributed by atoms with Crippen molar-refractivity contribution >= 4 is 92.1 Å². The van der Waals surface area contributed by atoms with Gasteiger partial charge in [-0.2, -0.15) is 0 Å². The fourth-order valence-corrected chi connectivity index (χ4v) is 10.6. The largest absolute Gasteiger partial charge is 0.456 e. The van der Waals surface area contributed by atoms with Crippen LogP contribution in [0.3, 0.4) is 0 Å². The molecule has 0 amide bonds. The zero-order chi connectivity index (χ0) is 38.6. The summed E-state index contributed by atoms with van der Waals surface area (Å²) in [5.41, 5.74) is 9.15. The van der Waals surface area contributed by atoms with Crippen molar-refractivity contribution in [1.29, 1.82) is 0 Å². The highest BCUT2D eigenvalue weighted by Gasteiger charge is 2.27. The highest BCUT2D eigenvalue weighted by Crippen LogP contribution is 2.44. The number of nitrogens with zero attached hydrogens (tertiary/aromatic N) is 4. The third-order valence-electron chi connectivity index (χ3n) is 12.2. The van der Waals surface area contributed by atoms with Crippen LogP contribution in [0.2, 0.25) is 0 Å². The maximum atomic E-state index is 6.63. The Morgan fingerprint density at radius 2 is 1.25 bits per heavy atom. The van der Waals surface area contributed by atoms with E-state index in [1.165, 1.54) is 52.8 Å². The van der Waals surface area contributed by atoms with Crippen LogP contribution in [0.25, 0.3) is 109 Å². The maximum Gasteiger partial charge on any atom is 0.165 e. The number of fused-ring (bicyclic) bond motifs is 11. The molecule has 1 aliphatic carbocycles. The highest BCUT2D eigenvalue weighted by atomic mass is 32.1. The van der Waals surface area contributed by atoms with Crippen LogP contribution in [0.15, 0.2) is 174 Å². The molecule has 13 rings (SSSR count). The molecule has 0 saturated carbocycles. The predicted molar refractivity (Wildman–Crippen MR) is 245 cm³/mol. The Morgan fingerprint density at radius 3 is 2.17 bits per heavy atom. The van der Waals surface area contributed by atoms with Crippen molar-refractivity contribution in [2.45, 2.75) is 12.3 Å². The van der Waals surface area contributed by atoms with Gasteiger partial charge in [0.15, 0.2) is 11.6 Å². The van der Waals surface area contributed by atoms with Gasteiger partial charge >= 0.3 is 0 Å². The van der Waals surface area contributed by atoms with Gasteiger partial charge in [0, 0.05) is 64.8 Å². The summed E-state index contributed by atoms with van der Waals surface area (Å²) in [5, 5.41) is 9.22. The van der Waals surface area contributed by atoms with Crippen LogP contribution in [0.1, 0.15) is 29.3 Å². The van der Waals surface area contributed by atoms with Gasteiger partial charge in [0.1, 0.15) is 17.0 Å². The Morgan fingerprint density at radius 1 is 0.525 bits per heavy atom. The van der Waals surface area contributed by atoms with Crippen molar-refractivity contribution in [3.63, 3.8) is 0 Å². The Balaban J connectivity index is 1.16. The number of aromatic nitrogens is 4. The van der Waals surface area contributed by atoms with Crippen LogP contribution in [0.4, 0.5) is 0 Å². The summed E-state index contributed by atoms with van der Waals surface area (Å²) >= 11 is 1.81. The molecule has 5 nitrogen and oxygen atoms in total. The van der Waals surface area contributed by atoms with E-state index in [1.807, 2.05) is 23.5 Å². The summed E-state index contributed by atoms with van der Waals surface area (Å²) in [6.07, 6.45) is 5.26. The molecule has 12 aromatic rings. The molecule has 1 atom stereocenters. The van der Waals surface area contributed by atoms with Crippen molar-refractivity contribution in [1.82, 2.24) is 19.5 Å². The molecule has 0 N–H and O–H groups in total. The lowest BCUT2D eigenvalue weighted by molar-refractivity contribution is 0.668. The number of hydrogen-bond donors (Lipinski definition) is 0. The molecule has 0 radical (unpaired) electrons. The summed E-state index contributed by atoms with van der Waals surface area (Å²) < 4.78 is 11.5. The number of thiophene rings is 1. The quantitative estimate of drug-likeness (QED) is 0.179. The van der Waals surface area contributed by atoms with Gasteiger partial charge in [-0.05, 0) is 70.8 Å². The third-order valence-corrected chi connectivity index (χ3v) is 13.3. The van der Waals surface area contributed by atoms with E-state index in [2.05, 4.69) is 168 Å². The van der Waals surface area contributed by atoms with E-state index < -0.39 is 0 Å². The molecule has 8 aromatic carbocycles. The van der Waals surface area contributed by atoms with Gasteiger partial charge < -0.3 is 8.98 Å². The van der Waals surface area contributed by atoms with Crippen LogP contribution >= 0.6 is 11.3 Å². The highest BCUT2D eigenvalue weighted by molar-refractivity contribution is 7.25. The lowest BCUT2D eigenvalue weighted by Crippen LogP contribution is -2.13. The second kappa shape index (κ2) is 12.5. The SMILES string of the molecule is C1=Cc2ccccc2C(c2nc(-c3cc4c(cc3-n3c5ccccc5c5cc6ccccc6cc53)oc3ccccc34)nc(-c3cccc4sc5ccccc5c34)n2)C1. The van der Waals surface area contributed by atoms with Crippen LogP contribution in [-0.4, -0.2) is 19.5 Å². The van der Waals surface area contributed by atoms with Gasteiger partial charge in [0.25, 0.3) is 0 Å². The molecule has 276 valence electrons. The average molecular weight is 773 g/mol. The molecule has 1 unspecified atom stereocenters. The Hall–Kier alpha value is -7.41. The average Bonchev–Trinajstić information content (AvgIpc) is 3.96. The standard InChI is InChI=1S/C53H32N4OS/c1-2-15-33-28-44-40(27-32(33)14-1)35-18-5-8-23-43(35)57(44)45-30-47-41(36-19-6-9-24-46(36)58-47)29-42(45)53-55-51(37-21-11-16-31-13-3-4-17-34(31)37)54-52(56-53)39-22-12-26-49-50(39)38-20-7-10-25-48(38)59-49/h1-20,22-30,37H,21H2. The number of benzene rings is 8. The van der Waals surface area contributed by atoms with E-state index in [9.17, 15) is 0 Å². The summed E-state index contributed by atoms with van der Waals surface area (Å²) in [5.74, 6) is 2.01. The Bertz CT molecular complexity index is 3740. The molecule has 0 fully saturated rings. The van der Waals surface area contributed by atoms with E-state index in [0.717, 1.165) is 62.0 Å². The molecule has 0 bridgehead atoms. The van der Waals surface area contributed by atoms with Crippen molar-refractivity contribution in [3.8, 4) is 28.5 Å². The summed E-state index contributed by atoms with van der Waals surface area (Å²) in [6.45, 7) is 0. The molecule has 0 saturated heterocycles. The topological polar surface area (TPSA) is 56.7 Å². The monoisotopic (exact) mass is 772 g/mol. The van der Waals surface area contributed by atoms with Crippen molar-refractivity contribution in [3.05, 3.63) is 187 Å². The van der Waals surface area contributed by atoms with Gasteiger partial charge in [0.2, 0.25) is 0 Å². The van der Waals surface area contributed by atoms with Crippen LogP contribution in [0.5, 0.6) is 0 Å². The Labute approximate surface area is 342 Å². The molecule has 0 spiro atoms. The van der Waals surface area contributed by atoms with E-state index in [4.69, 9.17) is 19.4 Å². The minimum Gasteiger partial charge on any atom is -0.456 e.